The largest absolute Gasteiger partial charge is 0.295 e. The molecule has 2 aromatic rings. The van der Waals surface area contributed by atoms with Crippen molar-refractivity contribution in [2.75, 3.05) is 0 Å². The summed E-state index contributed by atoms with van der Waals surface area (Å²) in [5.41, 5.74) is 3.53. The van der Waals surface area contributed by atoms with E-state index in [9.17, 15) is 14.4 Å². The molecule has 3 rings (SSSR count). The van der Waals surface area contributed by atoms with Gasteiger partial charge in [0.2, 0.25) is 11.7 Å². The number of Topliss-reactive ketones (excluding diaryl/α,β-unsaturated/α-hetero) is 1. The molecular formula is C17H12ClNO3. The monoisotopic (exact) mass is 313 g/mol. The molecule has 1 unspecified atom stereocenters. The molecule has 2 amide bonds. The van der Waals surface area contributed by atoms with E-state index < -0.39 is 23.5 Å². The summed E-state index contributed by atoms with van der Waals surface area (Å²) in [7, 11) is 0. The molecule has 1 N–H and O–H groups in total. The molecule has 22 heavy (non-hydrogen) atoms. The van der Waals surface area contributed by atoms with Gasteiger partial charge in [-0.15, -0.1) is 0 Å². The quantitative estimate of drug-likeness (QED) is 0.526. The highest BCUT2D eigenvalue weighted by Gasteiger charge is 2.41. The van der Waals surface area contributed by atoms with E-state index >= 15 is 0 Å². The van der Waals surface area contributed by atoms with Crippen LogP contribution in [0.3, 0.4) is 0 Å². The minimum atomic E-state index is -1.03. The highest BCUT2D eigenvalue weighted by molar-refractivity contribution is 6.50. The van der Waals surface area contributed by atoms with E-state index in [1.165, 1.54) is 0 Å². The molecule has 0 aromatic heterocycles. The smallest absolute Gasteiger partial charge is 0.289 e. The van der Waals surface area contributed by atoms with Crippen molar-refractivity contribution in [3.63, 3.8) is 0 Å². The summed E-state index contributed by atoms with van der Waals surface area (Å²) in [4.78, 5) is 34.6. The standard InChI is InChI=1S/C17H12ClNO3/c1-9-8-12(18)6-7-13(9)10-2-4-11(5-3-10)14-15(20)17(22)19-16(14)21/h2-8,14H,1H3,(H,19,21,22). The fourth-order valence-electron chi connectivity index (χ4n) is 2.60. The summed E-state index contributed by atoms with van der Waals surface area (Å²) >= 11 is 5.95. The van der Waals surface area contributed by atoms with Gasteiger partial charge in [-0.05, 0) is 41.3 Å². The third kappa shape index (κ3) is 2.42. The number of amides is 2. The molecule has 1 aliphatic heterocycles. The summed E-state index contributed by atoms with van der Waals surface area (Å²) in [5.74, 6) is -3.15. The van der Waals surface area contributed by atoms with E-state index in [2.05, 4.69) is 0 Å². The number of aryl methyl sites for hydroxylation is 1. The summed E-state index contributed by atoms with van der Waals surface area (Å²) in [6, 6.07) is 12.7. The number of rotatable bonds is 2. The second-order valence-corrected chi connectivity index (χ2v) is 5.63. The fraction of sp³-hybridized carbons (Fsp3) is 0.118. The summed E-state index contributed by atoms with van der Waals surface area (Å²) in [6.45, 7) is 1.96. The summed E-state index contributed by atoms with van der Waals surface area (Å²) < 4.78 is 0. The SMILES string of the molecule is Cc1cc(Cl)ccc1-c1ccc(C2C(=O)NC(=O)C2=O)cc1. The third-order valence-corrected chi connectivity index (χ3v) is 3.96. The van der Waals surface area contributed by atoms with Crippen LogP contribution in [0.25, 0.3) is 11.1 Å². The molecular weight excluding hydrogens is 302 g/mol. The van der Waals surface area contributed by atoms with Crippen LogP contribution in [-0.2, 0) is 14.4 Å². The highest BCUT2D eigenvalue weighted by Crippen LogP contribution is 2.28. The summed E-state index contributed by atoms with van der Waals surface area (Å²) in [5, 5.41) is 2.71. The number of nitrogens with one attached hydrogen (secondary N) is 1. The highest BCUT2D eigenvalue weighted by atomic mass is 35.5. The van der Waals surface area contributed by atoms with Gasteiger partial charge in [-0.2, -0.15) is 0 Å². The molecule has 0 bridgehead atoms. The van der Waals surface area contributed by atoms with Gasteiger partial charge in [0.15, 0.2) is 0 Å². The lowest BCUT2D eigenvalue weighted by atomic mass is 9.93. The van der Waals surface area contributed by atoms with Crippen LogP contribution in [0.2, 0.25) is 5.02 Å². The Kier molecular flexibility index (Phi) is 3.54. The first-order valence-electron chi connectivity index (χ1n) is 6.73. The molecule has 0 saturated carbocycles. The molecule has 1 saturated heterocycles. The molecule has 0 radical (unpaired) electrons. The maximum absolute atomic E-state index is 11.7. The van der Waals surface area contributed by atoms with Crippen LogP contribution in [-0.4, -0.2) is 17.6 Å². The fourth-order valence-corrected chi connectivity index (χ4v) is 2.83. The van der Waals surface area contributed by atoms with Crippen LogP contribution in [0.1, 0.15) is 17.0 Å². The predicted octanol–water partition coefficient (Wildman–Crippen LogP) is 2.62. The van der Waals surface area contributed by atoms with Gasteiger partial charge in [-0.25, -0.2) is 0 Å². The minimum absolute atomic E-state index is 0.517. The van der Waals surface area contributed by atoms with Crippen LogP contribution in [0.5, 0.6) is 0 Å². The lowest BCUT2D eigenvalue weighted by Gasteiger charge is -2.09. The van der Waals surface area contributed by atoms with Gasteiger partial charge < -0.3 is 0 Å². The Morgan fingerprint density at radius 2 is 1.68 bits per heavy atom. The molecule has 0 aliphatic carbocycles. The Bertz CT molecular complexity index is 796. The van der Waals surface area contributed by atoms with Crippen molar-refractivity contribution >= 4 is 29.2 Å². The Balaban J connectivity index is 1.95. The minimum Gasteiger partial charge on any atom is -0.289 e. The first kappa shape index (κ1) is 14.5. The van der Waals surface area contributed by atoms with Crippen molar-refractivity contribution in [2.24, 2.45) is 0 Å². The Hall–Kier alpha value is -2.46. The van der Waals surface area contributed by atoms with Gasteiger partial charge in [0.1, 0.15) is 5.92 Å². The van der Waals surface area contributed by atoms with Crippen LogP contribution < -0.4 is 5.32 Å². The van der Waals surface area contributed by atoms with E-state index in [1.54, 1.807) is 12.1 Å². The molecule has 1 fully saturated rings. The number of hydrogen-bond acceptors (Lipinski definition) is 3. The molecule has 0 spiro atoms. The van der Waals surface area contributed by atoms with Gasteiger partial charge >= 0.3 is 0 Å². The zero-order valence-corrected chi connectivity index (χ0v) is 12.5. The average molecular weight is 314 g/mol. The molecule has 1 heterocycles. The number of carbonyl (C=O) groups is 3. The number of ketones is 1. The number of halogens is 1. The third-order valence-electron chi connectivity index (χ3n) is 3.73. The lowest BCUT2D eigenvalue weighted by molar-refractivity contribution is -0.135. The number of hydrogen-bond donors (Lipinski definition) is 1. The first-order valence-corrected chi connectivity index (χ1v) is 7.10. The van der Waals surface area contributed by atoms with Crippen molar-refractivity contribution in [3.8, 4) is 11.1 Å². The van der Waals surface area contributed by atoms with Crippen molar-refractivity contribution in [2.45, 2.75) is 12.8 Å². The number of imide groups is 1. The number of carbonyl (C=O) groups excluding carboxylic acids is 3. The maximum Gasteiger partial charge on any atom is 0.295 e. The molecule has 1 atom stereocenters. The summed E-state index contributed by atoms with van der Waals surface area (Å²) in [6.07, 6.45) is 0. The maximum atomic E-state index is 11.7. The molecule has 2 aromatic carbocycles. The van der Waals surface area contributed by atoms with Gasteiger partial charge in [-0.1, -0.05) is 41.9 Å². The van der Waals surface area contributed by atoms with E-state index in [0.717, 1.165) is 16.7 Å². The van der Waals surface area contributed by atoms with Gasteiger partial charge in [0.05, 0.1) is 0 Å². The van der Waals surface area contributed by atoms with Crippen molar-refractivity contribution < 1.29 is 14.4 Å². The second kappa shape index (κ2) is 5.39. The zero-order chi connectivity index (χ0) is 15.9. The Morgan fingerprint density at radius 3 is 2.23 bits per heavy atom. The van der Waals surface area contributed by atoms with E-state index in [4.69, 9.17) is 11.6 Å². The van der Waals surface area contributed by atoms with Crippen LogP contribution in [0.15, 0.2) is 42.5 Å². The van der Waals surface area contributed by atoms with E-state index in [1.807, 2.05) is 42.6 Å². The van der Waals surface area contributed by atoms with Crippen LogP contribution >= 0.6 is 11.6 Å². The molecule has 5 heteroatoms. The van der Waals surface area contributed by atoms with Crippen molar-refractivity contribution in [3.05, 3.63) is 58.6 Å². The Labute approximate surface area is 132 Å². The lowest BCUT2D eigenvalue weighted by Crippen LogP contribution is -2.22. The van der Waals surface area contributed by atoms with E-state index in [0.29, 0.717) is 10.6 Å². The topological polar surface area (TPSA) is 63.2 Å². The Morgan fingerprint density at radius 1 is 1.00 bits per heavy atom. The zero-order valence-electron chi connectivity index (χ0n) is 11.7. The van der Waals surface area contributed by atoms with Gasteiger partial charge in [-0.3, -0.25) is 19.7 Å². The average Bonchev–Trinajstić information content (AvgIpc) is 2.73. The van der Waals surface area contributed by atoms with Crippen LogP contribution in [0.4, 0.5) is 0 Å². The van der Waals surface area contributed by atoms with Crippen molar-refractivity contribution in [1.82, 2.24) is 5.32 Å². The first-order chi connectivity index (χ1) is 10.5. The normalized spacial score (nSPS) is 17.7. The van der Waals surface area contributed by atoms with Gasteiger partial charge in [0.25, 0.3) is 5.91 Å². The molecule has 4 nitrogen and oxygen atoms in total. The predicted molar refractivity (Wildman–Crippen MR) is 82.5 cm³/mol. The second-order valence-electron chi connectivity index (χ2n) is 5.20. The number of benzene rings is 2. The van der Waals surface area contributed by atoms with Crippen LogP contribution in [0, 0.1) is 6.92 Å². The van der Waals surface area contributed by atoms with Gasteiger partial charge in [0, 0.05) is 5.02 Å². The molecule has 1 aliphatic rings. The molecule has 110 valence electrons. The van der Waals surface area contributed by atoms with E-state index in [-0.39, 0.29) is 0 Å². The van der Waals surface area contributed by atoms with Crippen molar-refractivity contribution in [1.29, 1.82) is 0 Å².